The molecule has 6 aromatic rings. The van der Waals surface area contributed by atoms with Crippen molar-refractivity contribution >= 4 is 11.4 Å². The average Bonchev–Trinajstić information content (AvgIpc) is 2.99. The van der Waals surface area contributed by atoms with Crippen LogP contribution in [0.25, 0.3) is 44.5 Å². The van der Waals surface area contributed by atoms with Crippen LogP contribution in [0, 0.1) is 6.92 Å². The molecule has 1 heteroatoms. The average molecular weight is 488 g/mol. The van der Waals surface area contributed by atoms with Crippen molar-refractivity contribution in [2.24, 2.45) is 0 Å². The molecular formula is C37H29N. The maximum atomic E-state index is 4.00. The first-order valence-electron chi connectivity index (χ1n) is 13.0. The number of anilines is 2. The van der Waals surface area contributed by atoms with E-state index in [0.29, 0.717) is 0 Å². The van der Waals surface area contributed by atoms with E-state index >= 15 is 0 Å². The van der Waals surface area contributed by atoms with Gasteiger partial charge in [-0.25, -0.2) is 0 Å². The molecule has 38 heavy (non-hydrogen) atoms. The standard InChI is InChI=1S/C37H29N/c1-27-25-34(30-19-10-4-11-20-30)37(35(26-27)31-21-12-5-13-22-31)38-36-32(28-15-6-2-7-16-28)23-14-24-33(36)29-17-8-3-9-18-29/h2-26,38H,1H3. The molecule has 0 amide bonds. The molecule has 0 bridgehead atoms. The van der Waals surface area contributed by atoms with Gasteiger partial charge < -0.3 is 5.32 Å². The van der Waals surface area contributed by atoms with Crippen LogP contribution >= 0.6 is 0 Å². The molecule has 0 aromatic heterocycles. The number of hydrogen-bond acceptors (Lipinski definition) is 1. The highest BCUT2D eigenvalue weighted by atomic mass is 14.9. The van der Waals surface area contributed by atoms with Crippen LogP contribution in [0.3, 0.4) is 0 Å². The van der Waals surface area contributed by atoms with E-state index in [-0.39, 0.29) is 0 Å². The summed E-state index contributed by atoms with van der Waals surface area (Å²) in [5, 5.41) is 4.00. The predicted octanol–water partition coefficient (Wildman–Crippen LogP) is 10.4. The van der Waals surface area contributed by atoms with Gasteiger partial charge >= 0.3 is 0 Å². The molecule has 6 aromatic carbocycles. The van der Waals surface area contributed by atoms with Crippen LogP contribution in [-0.4, -0.2) is 0 Å². The number of benzene rings is 6. The smallest absolute Gasteiger partial charge is 0.0544 e. The van der Waals surface area contributed by atoms with Crippen LogP contribution in [-0.2, 0) is 0 Å². The van der Waals surface area contributed by atoms with E-state index in [4.69, 9.17) is 0 Å². The Hall–Kier alpha value is -4.88. The van der Waals surface area contributed by atoms with Crippen molar-refractivity contribution in [3.05, 3.63) is 157 Å². The van der Waals surface area contributed by atoms with Gasteiger partial charge in [-0.2, -0.15) is 0 Å². The van der Waals surface area contributed by atoms with E-state index < -0.39 is 0 Å². The summed E-state index contributed by atoms with van der Waals surface area (Å²) >= 11 is 0. The van der Waals surface area contributed by atoms with Crippen molar-refractivity contribution in [2.45, 2.75) is 6.92 Å². The fraction of sp³-hybridized carbons (Fsp3) is 0.0270. The minimum atomic E-state index is 1.10. The normalized spacial score (nSPS) is 10.8. The molecule has 1 nitrogen and oxygen atoms in total. The number of nitrogens with one attached hydrogen (secondary N) is 1. The van der Waals surface area contributed by atoms with Gasteiger partial charge in [0, 0.05) is 22.3 Å². The third kappa shape index (κ3) is 4.75. The Morgan fingerprint density at radius 1 is 0.342 bits per heavy atom. The molecule has 0 radical (unpaired) electrons. The number of hydrogen-bond donors (Lipinski definition) is 1. The van der Waals surface area contributed by atoms with Crippen LogP contribution in [0.4, 0.5) is 11.4 Å². The molecule has 0 atom stereocenters. The second kappa shape index (κ2) is 10.6. The molecule has 0 aliphatic heterocycles. The van der Waals surface area contributed by atoms with Crippen molar-refractivity contribution in [3.63, 3.8) is 0 Å². The molecule has 0 saturated carbocycles. The quantitative estimate of drug-likeness (QED) is 0.246. The molecule has 182 valence electrons. The number of para-hydroxylation sites is 1. The minimum absolute atomic E-state index is 1.10. The van der Waals surface area contributed by atoms with Crippen LogP contribution in [0.2, 0.25) is 0 Å². The largest absolute Gasteiger partial charge is 0.353 e. The maximum absolute atomic E-state index is 4.00. The third-order valence-corrected chi connectivity index (χ3v) is 6.94. The van der Waals surface area contributed by atoms with Crippen LogP contribution in [0.1, 0.15) is 5.56 Å². The first-order chi connectivity index (χ1) is 18.8. The number of aryl methyl sites for hydroxylation is 1. The lowest BCUT2D eigenvalue weighted by molar-refractivity contribution is 1.44. The second-order valence-corrected chi connectivity index (χ2v) is 9.55. The van der Waals surface area contributed by atoms with Gasteiger partial charge in [0.05, 0.1) is 11.4 Å². The minimum Gasteiger partial charge on any atom is -0.353 e. The van der Waals surface area contributed by atoms with Crippen molar-refractivity contribution in [1.82, 2.24) is 0 Å². The molecule has 6 rings (SSSR count). The Morgan fingerprint density at radius 2 is 0.658 bits per heavy atom. The van der Waals surface area contributed by atoms with Crippen LogP contribution in [0.5, 0.6) is 0 Å². The van der Waals surface area contributed by atoms with Gasteiger partial charge in [-0.3, -0.25) is 0 Å². The molecule has 1 N–H and O–H groups in total. The first-order valence-corrected chi connectivity index (χ1v) is 13.0. The SMILES string of the molecule is Cc1cc(-c2ccccc2)c(Nc2c(-c3ccccc3)cccc2-c2ccccc2)c(-c2ccccc2)c1. The summed E-state index contributed by atoms with van der Waals surface area (Å²) in [6.45, 7) is 2.18. The fourth-order valence-corrected chi connectivity index (χ4v) is 5.14. The Kier molecular flexibility index (Phi) is 6.57. The van der Waals surface area contributed by atoms with Gasteiger partial charge in [0.15, 0.2) is 0 Å². The number of rotatable bonds is 6. The lowest BCUT2D eigenvalue weighted by Crippen LogP contribution is -2.01. The van der Waals surface area contributed by atoms with E-state index in [0.717, 1.165) is 11.4 Å². The van der Waals surface area contributed by atoms with Crippen molar-refractivity contribution in [2.75, 3.05) is 5.32 Å². The molecule has 0 fully saturated rings. The lowest BCUT2D eigenvalue weighted by atomic mass is 9.91. The monoisotopic (exact) mass is 487 g/mol. The topological polar surface area (TPSA) is 12.0 Å². The van der Waals surface area contributed by atoms with Crippen molar-refractivity contribution < 1.29 is 0 Å². The highest BCUT2D eigenvalue weighted by molar-refractivity contribution is 5.99. The Balaban J connectivity index is 1.64. The first kappa shape index (κ1) is 23.5. The molecule has 0 unspecified atom stereocenters. The van der Waals surface area contributed by atoms with Gasteiger partial charge in [-0.15, -0.1) is 0 Å². The maximum Gasteiger partial charge on any atom is 0.0544 e. The molecule has 0 spiro atoms. The van der Waals surface area contributed by atoms with Gasteiger partial charge in [0.2, 0.25) is 0 Å². The van der Waals surface area contributed by atoms with E-state index in [2.05, 4.69) is 164 Å². The van der Waals surface area contributed by atoms with E-state index in [9.17, 15) is 0 Å². The zero-order valence-corrected chi connectivity index (χ0v) is 21.4. The molecule has 0 aliphatic carbocycles. The van der Waals surface area contributed by atoms with Crippen molar-refractivity contribution in [3.8, 4) is 44.5 Å². The third-order valence-electron chi connectivity index (χ3n) is 6.94. The highest BCUT2D eigenvalue weighted by Crippen LogP contribution is 2.44. The predicted molar refractivity (Wildman–Crippen MR) is 163 cm³/mol. The molecule has 0 aliphatic rings. The summed E-state index contributed by atoms with van der Waals surface area (Å²) < 4.78 is 0. The summed E-state index contributed by atoms with van der Waals surface area (Å²) in [7, 11) is 0. The zero-order chi connectivity index (χ0) is 25.7. The Bertz CT molecular complexity index is 1540. The van der Waals surface area contributed by atoms with Crippen LogP contribution < -0.4 is 5.32 Å². The Labute approximate surface area is 225 Å². The van der Waals surface area contributed by atoms with Gasteiger partial charge in [-0.1, -0.05) is 140 Å². The molecule has 0 saturated heterocycles. The summed E-state index contributed by atoms with van der Waals surface area (Å²) in [6.07, 6.45) is 0. The van der Waals surface area contributed by atoms with Crippen molar-refractivity contribution in [1.29, 1.82) is 0 Å². The molecule has 0 heterocycles. The lowest BCUT2D eigenvalue weighted by Gasteiger charge is -2.23. The Morgan fingerprint density at radius 3 is 1.03 bits per heavy atom. The zero-order valence-electron chi connectivity index (χ0n) is 21.4. The fourth-order valence-electron chi connectivity index (χ4n) is 5.14. The van der Waals surface area contributed by atoms with E-state index in [1.807, 2.05) is 0 Å². The highest BCUT2D eigenvalue weighted by Gasteiger charge is 2.18. The second-order valence-electron chi connectivity index (χ2n) is 9.55. The summed E-state index contributed by atoms with van der Waals surface area (Å²) in [5.41, 5.74) is 12.9. The molecular weight excluding hydrogens is 458 g/mol. The van der Waals surface area contributed by atoms with Crippen LogP contribution in [0.15, 0.2) is 152 Å². The van der Waals surface area contributed by atoms with E-state index in [1.165, 1.54) is 50.1 Å². The van der Waals surface area contributed by atoms with Gasteiger partial charge in [0.25, 0.3) is 0 Å². The summed E-state index contributed by atoms with van der Waals surface area (Å²) in [6, 6.07) is 53.8. The van der Waals surface area contributed by atoms with Gasteiger partial charge in [0.1, 0.15) is 0 Å². The van der Waals surface area contributed by atoms with Gasteiger partial charge in [-0.05, 0) is 46.9 Å². The van der Waals surface area contributed by atoms with E-state index in [1.54, 1.807) is 0 Å². The summed E-state index contributed by atoms with van der Waals surface area (Å²) in [4.78, 5) is 0. The summed E-state index contributed by atoms with van der Waals surface area (Å²) in [5.74, 6) is 0.